The van der Waals surface area contributed by atoms with Crippen molar-refractivity contribution in [3.8, 4) is 5.75 Å². The minimum absolute atomic E-state index is 0.0116. The summed E-state index contributed by atoms with van der Waals surface area (Å²) in [5.74, 6) is -3.78. The second kappa shape index (κ2) is 12.5. The standard InChI is InChI=1S/C29H37F3N2O8/c1-27(2,3)42-26(38)34-13-12-28(17-39-16-24(35)33-28)22(34)15-40-19-10-8-18(9-11-19)20-6-4-5-7-21(20)41-23(14-25(36)37)29(30,31)32/h4-7,14,18-19,22H,8-13,15-17H2,1-3H3,(H,33,35)(H,36,37)/b23-14-/t18-,19+,22?,28?. The molecule has 2 aliphatic heterocycles. The molecule has 2 unspecified atom stereocenters. The average Bonchev–Trinajstić information content (AvgIpc) is 3.22. The van der Waals surface area contributed by atoms with Crippen molar-refractivity contribution >= 4 is 18.0 Å². The normalized spacial score (nSPS) is 27.1. The number of ether oxygens (including phenoxy) is 4. The Kier molecular flexibility index (Phi) is 9.41. The molecule has 2 amide bonds. The fourth-order valence-electron chi connectivity index (χ4n) is 5.80. The quantitative estimate of drug-likeness (QED) is 0.347. The minimum atomic E-state index is -4.97. The van der Waals surface area contributed by atoms with E-state index in [0.717, 1.165) is 0 Å². The molecule has 2 heterocycles. The summed E-state index contributed by atoms with van der Waals surface area (Å²) in [7, 11) is 0. The number of carbonyl (C=O) groups is 3. The van der Waals surface area contributed by atoms with E-state index in [0.29, 0.717) is 44.2 Å². The van der Waals surface area contributed by atoms with E-state index in [2.05, 4.69) is 5.32 Å². The second-order valence-electron chi connectivity index (χ2n) is 11.9. The van der Waals surface area contributed by atoms with Gasteiger partial charge in [0.1, 0.15) is 18.0 Å². The van der Waals surface area contributed by atoms with Crippen LogP contribution in [0.15, 0.2) is 36.1 Å². The first kappa shape index (κ1) is 31.6. The van der Waals surface area contributed by atoms with Crippen LogP contribution in [0.2, 0.25) is 0 Å². The molecule has 42 heavy (non-hydrogen) atoms. The fourth-order valence-corrected chi connectivity index (χ4v) is 5.80. The number of benzene rings is 1. The third-order valence-corrected chi connectivity index (χ3v) is 7.70. The Hall–Kier alpha value is -3.32. The van der Waals surface area contributed by atoms with Crippen LogP contribution in [0.25, 0.3) is 0 Å². The van der Waals surface area contributed by atoms with Crippen molar-refractivity contribution in [1.29, 1.82) is 0 Å². The largest absolute Gasteiger partial charge is 0.478 e. The van der Waals surface area contributed by atoms with Crippen LogP contribution in [0.5, 0.6) is 5.75 Å². The molecule has 0 bridgehead atoms. The van der Waals surface area contributed by atoms with Gasteiger partial charge in [0, 0.05) is 6.54 Å². The Bertz CT molecular complexity index is 1190. The number of carboxylic acid groups (broad SMARTS) is 1. The Morgan fingerprint density at radius 2 is 1.86 bits per heavy atom. The molecule has 10 nitrogen and oxygen atoms in total. The summed E-state index contributed by atoms with van der Waals surface area (Å²) < 4.78 is 62.7. The molecule has 2 atom stereocenters. The van der Waals surface area contributed by atoms with Crippen molar-refractivity contribution in [3.63, 3.8) is 0 Å². The summed E-state index contributed by atoms with van der Waals surface area (Å²) in [6.45, 7) is 6.05. The molecular weight excluding hydrogens is 561 g/mol. The summed E-state index contributed by atoms with van der Waals surface area (Å²) in [5.41, 5.74) is -0.934. The highest BCUT2D eigenvalue weighted by Gasteiger charge is 2.53. The predicted octanol–water partition coefficient (Wildman–Crippen LogP) is 4.53. The van der Waals surface area contributed by atoms with E-state index < -0.39 is 41.2 Å². The number of allylic oxidation sites excluding steroid dienone is 1. The summed E-state index contributed by atoms with van der Waals surface area (Å²) >= 11 is 0. The van der Waals surface area contributed by atoms with E-state index in [-0.39, 0.29) is 49.6 Å². The van der Waals surface area contributed by atoms with Crippen LogP contribution in [0.1, 0.15) is 64.4 Å². The van der Waals surface area contributed by atoms with Crippen molar-refractivity contribution in [2.45, 2.75) is 88.3 Å². The maximum absolute atomic E-state index is 13.4. The minimum Gasteiger partial charge on any atom is -0.478 e. The molecule has 1 saturated carbocycles. The summed E-state index contributed by atoms with van der Waals surface area (Å²) in [4.78, 5) is 37.8. The Labute approximate surface area is 242 Å². The molecule has 4 rings (SSSR count). The maximum Gasteiger partial charge on any atom is 0.449 e. The van der Waals surface area contributed by atoms with Gasteiger partial charge in [-0.05, 0) is 70.4 Å². The highest BCUT2D eigenvalue weighted by molar-refractivity contribution is 5.80. The lowest BCUT2D eigenvalue weighted by Crippen LogP contribution is -2.65. The second-order valence-corrected chi connectivity index (χ2v) is 11.9. The van der Waals surface area contributed by atoms with E-state index >= 15 is 0 Å². The van der Waals surface area contributed by atoms with E-state index in [1.165, 1.54) is 12.1 Å². The van der Waals surface area contributed by atoms with Crippen LogP contribution in [0.3, 0.4) is 0 Å². The number of alkyl halides is 3. The van der Waals surface area contributed by atoms with Crippen molar-refractivity contribution in [2.75, 3.05) is 26.4 Å². The Morgan fingerprint density at radius 1 is 1.17 bits per heavy atom. The average molecular weight is 599 g/mol. The zero-order valence-electron chi connectivity index (χ0n) is 23.9. The summed E-state index contributed by atoms with van der Waals surface area (Å²) in [6, 6.07) is 5.80. The molecule has 232 valence electrons. The molecule has 1 spiro atoms. The van der Waals surface area contributed by atoms with Crippen LogP contribution in [-0.4, -0.2) is 83.8 Å². The highest BCUT2D eigenvalue weighted by Crippen LogP contribution is 2.41. The first-order chi connectivity index (χ1) is 19.7. The van der Waals surface area contributed by atoms with Crippen LogP contribution in [-0.2, 0) is 23.8 Å². The molecule has 0 aromatic heterocycles. The molecule has 3 aliphatic rings. The SMILES string of the molecule is CC(C)(C)OC(=O)N1CCC2(COCC(=O)N2)C1CO[C@H]1CC[C@@H](c2ccccc2O/C(=C\C(=O)O)C(F)(F)F)CC1. The summed E-state index contributed by atoms with van der Waals surface area (Å²) in [5, 5.41) is 11.9. The lowest BCUT2D eigenvalue weighted by Gasteiger charge is -2.41. The van der Waals surface area contributed by atoms with Crippen molar-refractivity contribution < 1.29 is 51.6 Å². The molecule has 2 N–H and O–H groups in total. The van der Waals surface area contributed by atoms with Gasteiger partial charge in [-0.1, -0.05) is 18.2 Å². The van der Waals surface area contributed by atoms with Crippen LogP contribution < -0.4 is 10.1 Å². The number of halogens is 3. The molecular formula is C29H37F3N2O8. The first-order valence-corrected chi connectivity index (χ1v) is 14.0. The first-order valence-electron chi connectivity index (χ1n) is 14.0. The van der Waals surface area contributed by atoms with Crippen LogP contribution >= 0.6 is 0 Å². The van der Waals surface area contributed by atoms with Crippen molar-refractivity contribution in [2.24, 2.45) is 0 Å². The topological polar surface area (TPSA) is 124 Å². The zero-order chi connectivity index (χ0) is 30.7. The number of hydrogen-bond acceptors (Lipinski definition) is 7. The third kappa shape index (κ3) is 7.74. The van der Waals surface area contributed by atoms with Gasteiger partial charge in [-0.15, -0.1) is 0 Å². The predicted molar refractivity (Wildman–Crippen MR) is 143 cm³/mol. The van der Waals surface area contributed by atoms with Gasteiger partial charge in [-0.3, -0.25) is 4.79 Å². The molecule has 1 aliphatic carbocycles. The molecule has 2 saturated heterocycles. The number of carbonyl (C=O) groups excluding carboxylic acids is 2. The molecule has 3 fully saturated rings. The smallest absolute Gasteiger partial charge is 0.449 e. The van der Waals surface area contributed by atoms with Gasteiger partial charge in [-0.25, -0.2) is 9.59 Å². The van der Waals surface area contributed by atoms with Crippen LogP contribution in [0.4, 0.5) is 18.0 Å². The number of nitrogens with one attached hydrogen (secondary N) is 1. The molecule has 1 aromatic rings. The monoisotopic (exact) mass is 598 g/mol. The fraction of sp³-hybridized carbons (Fsp3) is 0.621. The maximum atomic E-state index is 13.4. The lowest BCUT2D eigenvalue weighted by molar-refractivity contribution is -0.138. The van der Waals surface area contributed by atoms with E-state index in [1.54, 1.807) is 37.8 Å². The molecule has 0 radical (unpaired) electrons. The van der Waals surface area contributed by atoms with Gasteiger partial charge in [0.2, 0.25) is 11.7 Å². The van der Waals surface area contributed by atoms with E-state index in [1.807, 2.05) is 0 Å². The Balaban J connectivity index is 1.42. The third-order valence-electron chi connectivity index (χ3n) is 7.70. The zero-order valence-corrected chi connectivity index (χ0v) is 23.9. The molecule has 1 aromatic carbocycles. The van der Waals surface area contributed by atoms with Gasteiger partial charge >= 0.3 is 18.2 Å². The number of hydrogen-bond donors (Lipinski definition) is 2. The number of rotatable bonds is 7. The number of likely N-dealkylation sites (tertiary alicyclic amines) is 1. The Morgan fingerprint density at radius 3 is 2.48 bits per heavy atom. The van der Waals surface area contributed by atoms with Gasteiger partial charge < -0.3 is 34.3 Å². The highest BCUT2D eigenvalue weighted by atomic mass is 19.4. The number of aliphatic carboxylic acids is 1. The number of carboxylic acids is 1. The van der Waals surface area contributed by atoms with E-state index in [4.69, 9.17) is 24.1 Å². The number of amides is 2. The number of morpholine rings is 1. The van der Waals surface area contributed by atoms with Gasteiger partial charge in [0.15, 0.2) is 0 Å². The van der Waals surface area contributed by atoms with Crippen molar-refractivity contribution in [3.05, 3.63) is 41.7 Å². The van der Waals surface area contributed by atoms with E-state index in [9.17, 15) is 27.6 Å². The number of para-hydroxylation sites is 1. The molecule has 13 heteroatoms. The van der Waals surface area contributed by atoms with Crippen molar-refractivity contribution in [1.82, 2.24) is 10.2 Å². The summed E-state index contributed by atoms with van der Waals surface area (Å²) in [6.07, 6.45) is -2.74. The number of nitrogens with zero attached hydrogens (tertiary/aromatic N) is 1. The van der Waals surface area contributed by atoms with Gasteiger partial charge in [0.05, 0.1) is 37.0 Å². The van der Waals surface area contributed by atoms with Gasteiger partial charge in [0.25, 0.3) is 0 Å². The lowest BCUT2D eigenvalue weighted by atomic mass is 9.82. The van der Waals surface area contributed by atoms with Crippen LogP contribution in [0, 0.1) is 0 Å². The van der Waals surface area contributed by atoms with Gasteiger partial charge in [-0.2, -0.15) is 13.2 Å².